The van der Waals surface area contributed by atoms with Crippen LogP contribution >= 0.6 is 11.6 Å². The van der Waals surface area contributed by atoms with Gasteiger partial charge in [0.2, 0.25) is 11.9 Å². The Balaban J connectivity index is 1.56. The van der Waals surface area contributed by atoms with Crippen LogP contribution in [-0.2, 0) is 16.0 Å². The lowest BCUT2D eigenvalue weighted by molar-refractivity contribution is 0.0547. The highest BCUT2D eigenvalue weighted by Crippen LogP contribution is 2.31. The molecule has 0 amide bonds. The second kappa shape index (κ2) is 13.4. The second-order valence-corrected chi connectivity index (χ2v) is 8.03. The highest BCUT2D eigenvalue weighted by atomic mass is 35.5. The van der Waals surface area contributed by atoms with Crippen LogP contribution in [0.2, 0.25) is 5.02 Å². The minimum Gasteiger partial charge on any atom is -0.378 e. The number of hydrogen-bond acceptors (Lipinski definition) is 8. The van der Waals surface area contributed by atoms with Gasteiger partial charge in [0.15, 0.2) is 0 Å². The van der Waals surface area contributed by atoms with Crippen molar-refractivity contribution >= 4 is 23.5 Å². The summed E-state index contributed by atoms with van der Waals surface area (Å²) in [6, 6.07) is 7.75. The number of anilines is 2. The monoisotopic (exact) mass is 448 g/mol. The fourth-order valence-corrected chi connectivity index (χ4v) is 3.64. The summed E-state index contributed by atoms with van der Waals surface area (Å²) in [5.74, 6) is 2.43. The van der Waals surface area contributed by atoms with Crippen molar-refractivity contribution in [2.24, 2.45) is 5.73 Å². The molecular formula is C22H33ClN6O2. The first kappa shape index (κ1) is 23.7. The molecular weight excluding hydrogens is 416 g/mol. The fourth-order valence-electron chi connectivity index (χ4n) is 3.52. The zero-order valence-electron chi connectivity index (χ0n) is 18.0. The molecule has 0 atom stereocenters. The van der Waals surface area contributed by atoms with E-state index in [9.17, 15) is 0 Å². The average molecular weight is 449 g/mol. The molecule has 1 aliphatic carbocycles. The van der Waals surface area contributed by atoms with Crippen LogP contribution in [0.15, 0.2) is 24.3 Å². The zero-order valence-corrected chi connectivity index (χ0v) is 18.7. The normalized spacial score (nSPS) is 14.5. The van der Waals surface area contributed by atoms with E-state index in [1.54, 1.807) is 0 Å². The molecule has 0 aliphatic heterocycles. The molecule has 1 saturated carbocycles. The molecule has 0 spiro atoms. The molecule has 3 rings (SSSR count). The van der Waals surface area contributed by atoms with Crippen molar-refractivity contribution in [3.8, 4) is 0 Å². The van der Waals surface area contributed by atoms with Crippen molar-refractivity contribution in [3.05, 3.63) is 40.7 Å². The third-order valence-electron chi connectivity index (χ3n) is 5.15. The number of nitrogens with zero attached hydrogens (tertiary/aromatic N) is 3. The van der Waals surface area contributed by atoms with Gasteiger partial charge in [0.25, 0.3) is 0 Å². The van der Waals surface area contributed by atoms with Crippen molar-refractivity contribution in [3.63, 3.8) is 0 Å². The lowest BCUT2D eigenvalue weighted by Crippen LogP contribution is -2.18. The van der Waals surface area contributed by atoms with Crippen LogP contribution in [0.25, 0.3) is 0 Å². The maximum absolute atomic E-state index is 5.98. The van der Waals surface area contributed by atoms with Gasteiger partial charge in [0.1, 0.15) is 5.82 Å². The Morgan fingerprint density at radius 1 is 0.871 bits per heavy atom. The maximum atomic E-state index is 5.98. The minimum absolute atomic E-state index is 0.393. The SMILES string of the molecule is NCCOCCOCCNc1nc(NCc2ccc(Cl)cc2)nc(C2CCCCC2)n1. The Labute approximate surface area is 189 Å². The topological polar surface area (TPSA) is 107 Å². The van der Waals surface area contributed by atoms with Crippen LogP contribution in [0.3, 0.4) is 0 Å². The number of ether oxygens (including phenoxy) is 2. The number of benzene rings is 1. The Bertz CT molecular complexity index is 771. The summed E-state index contributed by atoms with van der Waals surface area (Å²) >= 11 is 5.98. The zero-order chi connectivity index (χ0) is 21.7. The molecule has 0 unspecified atom stereocenters. The van der Waals surface area contributed by atoms with E-state index >= 15 is 0 Å². The van der Waals surface area contributed by atoms with Gasteiger partial charge in [-0.05, 0) is 30.5 Å². The van der Waals surface area contributed by atoms with E-state index in [0.717, 1.165) is 29.3 Å². The van der Waals surface area contributed by atoms with Crippen LogP contribution in [0.1, 0.15) is 49.4 Å². The van der Waals surface area contributed by atoms with Crippen LogP contribution in [-0.4, -0.2) is 54.5 Å². The summed E-state index contributed by atoms with van der Waals surface area (Å²) < 4.78 is 10.9. The molecule has 0 radical (unpaired) electrons. The molecule has 1 heterocycles. The minimum atomic E-state index is 0.393. The summed E-state index contributed by atoms with van der Waals surface area (Å²) in [5.41, 5.74) is 6.50. The van der Waals surface area contributed by atoms with Crippen molar-refractivity contribution in [2.75, 3.05) is 50.2 Å². The first-order valence-corrected chi connectivity index (χ1v) is 11.5. The van der Waals surface area contributed by atoms with Gasteiger partial charge in [-0.1, -0.05) is 43.0 Å². The number of aromatic nitrogens is 3. The third kappa shape index (κ3) is 8.57. The maximum Gasteiger partial charge on any atom is 0.228 e. The van der Waals surface area contributed by atoms with Gasteiger partial charge in [-0.15, -0.1) is 0 Å². The van der Waals surface area contributed by atoms with Crippen LogP contribution in [0.5, 0.6) is 0 Å². The van der Waals surface area contributed by atoms with E-state index in [4.69, 9.17) is 36.8 Å². The summed E-state index contributed by atoms with van der Waals surface area (Å²) in [6.07, 6.45) is 6.01. The quantitative estimate of drug-likeness (QED) is 0.399. The average Bonchev–Trinajstić information content (AvgIpc) is 2.81. The predicted molar refractivity (Wildman–Crippen MR) is 124 cm³/mol. The number of nitrogens with two attached hydrogens (primary N) is 1. The van der Waals surface area contributed by atoms with Crippen LogP contribution < -0.4 is 16.4 Å². The summed E-state index contributed by atoms with van der Waals surface area (Å²) in [5, 5.41) is 7.32. The standard InChI is InChI=1S/C22H33ClN6O2/c23-19-8-6-17(7-9-19)16-26-22-28-20(18-4-2-1-3-5-18)27-21(29-22)25-11-13-31-15-14-30-12-10-24/h6-9,18H,1-5,10-16,24H2,(H2,25,26,27,28,29). The van der Waals surface area contributed by atoms with Crippen LogP contribution in [0.4, 0.5) is 11.9 Å². The lowest BCUT2D eigenvalue weighted by Gasteiger charge is -2.21. The van der Waals surface area contributed by atoms with E-state index in [-0.39, 0.29) is 0 Å². The van der Waals surface area contributed by atoms with Gasteiger partial charge >= 0.3 is 0 Å². The molecule has 1 aromatic carbocycles. The lowest BCUT2D eigenvalue weighted by atomic mass is 9.89. The van der Waals surface area contributed by atoms with Gasteiger partial charge < -0.3 is 25.8 Å². The van der Waals surface area contributed by atoms with E-state index < -0.39 is 0 Å². The molecule has 170 valence electrons. The fraction of sp³-hybridized carbons (Fsp3) is 0.591. The predicted octanol–water partition coefficient (Wildman–Crippen LogP) is 3.59. The van der Waals surface area contributed by atoms with Crippen molar-refractivity contribution < 1.29 is 9.47 Å². The van der Waals surface area contributed by atoms with Gasteiger partial charge in [-0.25, -0.2) is 0 Å². The number of halogens is 1. The Hall–Kier alpha value is -2.00. The molecule has 0 saturated heterocycles. The molecule has 0 bridgehead atoms. The van der Waals surface area contributed by atoms with Crippen molar-refractivity contribution in [1.29, 1.82) is 0 Å². The van der Waals surface area contributed by atoms with Crippen molar-refractivity contribution in [2.45, 2.75) is 44.6 Å². The number of nitrogens with one attached hydrogen (secondary N) is 2. The number of hydrogen-bond donors (Lipinski definition) is 3. The molecule has 9 heteroatoms. The molecule has 1 fully saturated rings. The first-order valence-electron chi connectivity index (χ1n) is 11.1. The molecule has 4 N–H and O–H groups in total. The molecule has 1 aromatic heterocycles. The first-order chi connectivity index (χ1) is 15.2. The Kier molecular flexibility index (Phi) is 10.2. The van der Waals surface area contributed by atoms with Gasteiger partial charge in [-0.2, -0.15) is 15.0 Å². The number of rotatable bonds is 13. The highest BCUT2D eigenvalue weighted by Gasteiger charge is 2.20. The van der Waals surface area contributed by atoms with E-state index in [1.165, 1.54) is 19.3 Å². The Morgan fingerprint density at radius 2 is 1.55 bits per heavy atom. The third-order valence-corrected chi connectivity index (χ3v) is 5.40. The highest BCUT2D eigenvalue weighted by molar-refractivity contribution is 6.30. The summed E-state index contributed by atoms with van der Waals surface area (Å²) in [6.45, 7) is 3.96. The Morgan fingerprint density at radius 3 is 2.26 bits per heavy atom. The molecule has 8 nitrogen and oxygen atoms in total. The van der Waals surface area contributed by atoms with E-state index in [2.05, 4.69) is 15.6 Å². The smallest absolute Gasteiger partial charge is 0.228 e. The summed E-state index contributed by atoms with van der Waals surface area (Å²) in [4.78, 5) is 14.0. The van der Waals surface area contributed by atoms with E-state index in [1.807, 2.05) is 24.3 Å². The molecule has 1 aliphatic rings. The van der Waals surface area contributed by atoms with Crippen LogP contribution in [0, 0.1) is 0 Å². The molecule has 2 aromatic rings. The largest absolute Gasteiger partial charge is 0.378 e. The van der Waals surface area contributed by atoms with E-state index in [0.29, 0.717) is 63.9 Å². The van der Waals surface area contributed by atoms with Crippen molar-refractivity contribution in [1.82, 2.24) is 15.0 Å². The van der Waals surface area contributed by atoms with Gasteiger partial charge in [0, 0.05) is 30.6 Å². The molecule has 31 heavy (non-hydrogen) atoms. The summed E-state index contributed by atoms with van der Waals surface area (Å²) in [7, 11) is 0. The van der Waals surface area contributed by atoms with Gasteiger partial charge in [0.05, 0.1) is 26.4 Å². The second-order valence-electron chi connectivity index (χ2n) is 7.60. The van der Waals surface area contributed by atoms with Gasteiger partial charge in [-0.3, -0.25) is 0 Å².